The van der Waals surface area contributed by atoms with Crippen LogP contribution in [0, 0.1) is 5.92 Å². The topological polar surface area (TPSA) is 67.9 Å². The molecule has 0 spiro atoms. The number of ether oxygens (including phenoxy) is 2. The van der Waals surface area contributed by atoms with Crippen LogP contribution in [-0.2, 0) is 6.54 Å². The van der Waals surface area contributed by atoms with Crippen LogP contribution in [0.15, 0.2) is 36.4 Å². The highest BCUT2D eigenvalue weighted by atomic mass is 35.5. The van der Waals surface area contributed by atoms with Crippen LogP contribution in [0.1, 0.15) is 59.4 Å². The normalized spacial score (nSPS) is 13.3. The van der Waals surface area contributed by atoms with Gasteiger partial charge in [-0.25, -0.2) is 0 Å². The molecule has 1 aliphatic rings. The Hall–Kier alpha value is -2.73. The molecule has 0 unspecified atom stereocenters. The number of benzene rings is 2. The first-order valence-corrected chi connectivity index (χ1v) is 11.4. The van der Waals surface area contributed by atoms with Crippen LogP contribution in [0.2, 0.25) is 5.02 Å². The molecule has 0 aliphatic carbocycles. The van der Waals surface area contributed by atoms with Crippen LogP contribution in [0.3, 0.4) is 0 Å². The fourth-order valence-corrected chi connectivity index (χ4v) is 3.81. The molecule has 32 heavy (non-hydrogen) atoms. The quantitative estimate of drug-likeness (QED) is 0.578. The van der Waals surface area contributed by atoms with Crippen molar-refractivity contribution in [3.8, 4) is 11.5 Å². The predicted octanol–water partition coefficient (Wildman–Crippen LogP) is 4.94. The van der Waals surface area contributed by atoms with Crippen molar-refractivity contribution in [2.45, 2.75) is 39.7 Å². The molecule has 2 aromatic carbocycles. The van der Waals surface area contributed by atoms with Crippen molar-refractivity contribution in [3.63, 3.8) is 0 Å². The second kappa shape index (κ2) is 11.2. The van der Waals surface area contributed by atoms with Crippen molar-refractivity contribution in [1.29, 1.82) is 0 Å². The van der Waals surface area contributed by atoms with Gasteiger partial charge in [0, 0.05) is 30.8 Å². The van der Waals surface area contributed by atoms with E-state index in [1.807, 2.05) is 29.2 Å². The van der Waals surface area contributed by atoms with Gasteiger partial charge in [0.05, 0.1) is 18.7 Å². The van der Waals surface area contributed by atoms with Crippen molar-refractivity contribution >= 4 is 23.4 Å². The molecule has 0 saturated carbocycles. The van der Waals surface area contributed by atoms with Gasteiger partial charge in [-0.3, -0.25) is 9.59 Å². The molecular formula is C25H31ClN2O4. The molecule has 7 heteroatoms. The summed E-state index contributed by atoms with van der Waals surface area (Å²) in [5, 5.41) is 3.22. The highest BCUT2D eigenvalue weighted by molar-refractivity contribution is 6.32. The summed E-state index contributed by atoms with van der Waals surface area (Å²) in [5.41, 5.74) is 1.97. The van der Waals surface area contributed by atoms with E-state index in [0.717, 1.165) is 37.9 Å². The minimum Gasteiger partial charge on any atom is -0.493 e. The maximum atomic E-state index is 12.7. The summed E-state index contributed by atoms with van der Waals surface area (Å²) in [6.07, 6.45) is 3.02. The van der Waals surface area contributed by atoms with Crippen molar-refractivity contribution in [2.24, 2.45) is 5.92 Å². The van der Waals surface area contributed by atoms with E-state index in [4.69, 9.17) is 21.1 Å². The van der Waals surface area contributed by atoms with E-state index in [0.29, 0.717) is 46.7 Å². The summed E-state index contributed by atoms with van der Waals surface area (Å²) in [5.74, 6) is 1.18. The van der Waals surface area contributed by atoms with E-state index in [-0.39, 0.29) is 11.8 Å². The lowest BCUT2D eigenvalue weighted by atomic mass is 10.1. The molecule has 2 aromatic rings. The molecule has 1 saturated heterocycles. The highest BCUT2D eigenvalue weighted by Gasteiger charge is 2.19. The molecule has 0 aromatic heterocycles. The third-order valence-electron chi connectivity index (χ3n) is 5.48. The SMILES string of the molecule is COc1cc(C(=O)NCc2ccc(C(=O)N3CCCC3)cc2)cc(Cl)c1OCCC(C)C. The molecule has 172 valence electrons. The van der Waals surface area contributed by atoms with Crippen molar-refractivity contribution in [3.05, 3.63) is 58.1 Å². The fourth-order valence-electron chi connectivity index (χ4n) is 3.54. The van der Waals surface area contributed by atoms with Gasteiger partial charge in [-0.2, -0.15) is 0 Å². The van der Waals surface area contributed by atoms with Gasteiger partial charge in [0.15, 0.2) is 11.5 Å². The first-order valence-electron chi connectivity index (χ1n) is 11.1. The van der Waals surface area contributed by atoms with Crippen LogP contribution in [0.4, 0.5) is 0 Å². The van der Waals surface area contributed by atoms with Crippen LogP contribution in [-0.4, -0.2) is 43.5 Å². The lowest BCUT2D eigenvalue weighted by molar-refractivity contribution is 0.0792. The minimum atomic E-state index is -0.267. The second-order valence-electron chi connectivity index (χ2n) is 8.40. The largest absolute Gasteiger partial charge is 0.493 e. The molecule has 1 fully saturated rings. The van der Waals surface area contributed by atoms with E-state index in [1.165, 1.54) is 7.11 Å². The molecule has 0 radical (unpaired) electrons. The third-order valence-corrected chi connectivity index (χ3v) is 5.76. The standard InChI is InChI=1S/C25H31ClN2O4/c1-17(2)10-13-32-23-21(26)14-20(15-22(23)31-3)24(29)27-16-18-6-8-19(9-7-18)25(30)28-11-4-5-12-28/h6-9,14-15,17H,4-5,10-13,16H2,1-3H3,(H,27,29). The highest BCUT2D eigenvalue weighted by Crippen LogP contribution is 2.36. The number of nitrogens with zero attached hydrogens (tertiary/aromatic N) is 1. The number of carbonyl (C=O) groups is 2. The molecule has 2 amide bonds. The average molecular weight is 459 g/mol. The van der Waals surface area contributed by atoms with Crippen molar-refractivity contribution < 1.29 is 19.1 Å². The van der Waals surface area contributed by atoms with Gasteiger partial charge in [-0.05, 0) is 55.0 Å². The number of carbonyl (C=O) groups excluding carboxylic acids is 2. The Morgan fingerprint density at radius 3 is 2.41 bits per heavy atom. The summed E-state index contributed by atoms with van der Waals surface area (Å²) < 4.78 is 11.2. The van der Waals surface area contributed by atoms with E-state index < -0.39 is 0 Å². The zero-order chi connectivity index (χ0) is 23.1. The fraction of sp³-hybridized carbons (Fsp3) is 0.440. The number of hydrogen-bond donors (Lipinski definition) is 1. The monoisotopic (exact) mass is 458 g/mol. The van der Waals surface area contributed by atoms with E-state index >= 15 is 0 Å². The number of amides is 2. The Morgan fingerprint density at radius 1 is 1.09 bits per heavy atom. The van der Waals surface area contributed by atoms with Gasteiger partial charge in [0.25, 0.3) is 11.8 Å². The maximum absolute atomic E-state index is 12.7. The van der Waals surface area contributed by atoms with Crippen LogP contribution in [0.5, 0.6) is 11.5 Å². The molecule has 0 bridgehead atoms. The van der Waals surface area contributed by atoms with Gasteiger partial charge < -0.3 is 19.7 Å². The smallest absolute Gasteiger partial charge is 0.253 e. The Morgan fingerprint density at radius 2 is 1.78 bits per heavy atom. The molecule has 6 nitrogen and oxygen atoms in total. The number of rotatable bonds is 9. The zero-order valence-corrected chi connectivity index (χ0v) is 19.7. The second-order valence-corrected chi connectivity index (χ2v) is 8.81. The van der Waals surface area contributed by atoms with Crippen LogP contribution < -0.4 is 14.8 Å². The summed E-state index contributed by atoms with van der Waals surface area (Å²) >= 11 is 6.37. The lowest BCUT2D eigenvalue weighted by Crippen LogP contribution is -2.27. The third kappa shape index (κ3) is 6.16. The molecular weight excluding hydrogens is 428 g/mol. The molecule has 3 rings (SSSR count). The van der Waals surface area contributed by atoms with Crippen LogP contribution >= 0.6 is 11.6 Å². The average Bonchev–Trinajstić information content (AvgIpc) is 3.33. The van der Waals surface area contributed by atoms with Crippen LogP contribution in [0.25, 0.3) is 0 Å². The number of nitrogens with one attached hydrogen (secondary N) is 1. The van der Waals surface area contributed by atoms with Gasteiger partial charge in [-0.1, -0.05) is 37.6 Å². The van der Waals surface area contributed by atoms with Gasteiger partial charge in [0.2, 0.25) is 0 Å². The summed E-state index contributed by atoms with van der Waals surface area (Å²) in [6, 6.07) is 10.6. The van der Waals surface area contributed by atoms with Gasteiger partial charge in [0.1, 0.15) is 0 Å². The summed E-state index contributed by atoms with van der Waals surface area (Å²) in [4.78, 5) is 27.0. The maximum Gasteiger partial charge on any atom is 0.253 e. The Balaban J connectivity index is 1.60. The number of methoxy groups -OCH3 is 1. The lowest BCUT2D eigenvalue weighted by Gasteiger charge is -2.16. The first kappa shape index (κ1) is 23.9. The molecule has 1 aliphatic heterocycles. The molecule has 1 heterocycles. The van der Waals surface area contributed by atoms with Gasteiger partial charge in [-0.15, -0.1) is 0 Å². The van der Waals surface area contributed by atoms with Crippen molar-refractivity contribution in [1.82, 2.24) is 10.2 Å². The van der Waals surface area contributed by atoms with E-state index in [1.54, 1.807) is 12.1 Å². The van der Waals surface area contributed by atoms with E-state index in [9.17, 15) is 9.59 Å². The number of halogens is 1. The summed E-state index contributed by atoms with van der Waals surface area (Å²) in [7, 11) is 1.52. The minimum absolute atomic E-state index is 0.0653. The molecule has 1 N–H and O–H groups in total. The Bertz CT molecular complexity index is 938. The van der Waals surface area contributed by atoms with Crippen molar-refractivity contribution in [2.75, 3.05) is 26.8 Å². The van der Waals surface area contributed by atoms with E-state index in [2.05, 4.69) is 19.2 Å². The number of likely N-dealkylation sites (tertiary alicyclic amines) is 1. The Kier molecular flexibility index (Phi) is 8.39. The van der Waals surface area contributed by atoms with Gasteiger partial charge >= 0.3 is 0 Å². The number of hydrogen-bond acceptors (Lipinski definition) is 4. The first-order chi connectivity index (χ1) is 15.4. The Labute approximate surface area is 194 Å². The zero-order valence-electron chi connectivity index (χ0n) is 18.9. The molecule has 0 atom stereocenters. The predicted molar refractivity (Wildman–Crippen MR) is 126 cm³/mol. The summed E-state index contributed by atoms with van der Waals surface area (Å²) in [6.45, 7) is 6.75.